The maximum atomic E-state index is 4.25. The number of nitrogens with zero attached hydrogens (tertiary/aromatic N) is 3. The molecule has 2 heterocycles. The summed E-state index contributed by atoms with van der Waals surface area (Å²) >= 11 is 3.55. The molecular weight excluding hydrogens is 304 g/mol. The van der Waals surface area contributed by atoms with Gasteiger partial charge in [-0.15, -0.1) is 12.4 Å². The van der Waals surface area contributed by atoms with E-state index >= 15 is 0 Å². The number of nitrogens with one attached hydrogen (secondary N) is 1. The average Bonchev–Trinajstić information content (AvgIpc) is 2.61. The van der Waals surface area contributed by atoms with E-state index in [0.717, 1.165) is 17.6 Å². The molecule has 1 saturated heterocycles. The van der Waals surface area contributed by atoms with Crippen molar-refractivity contribution in [3.63, 3.8) is 0 Å². The van der Waals surface area contributed by atoms with Gasteiger partial charge in [0.2, 0.25) is 0 Å². The highest BCUT2D eigenvalue weighted by Gasteiger charge is 2.20. The predicted octanol–water partition coefficient (Wildman–Crippen LogP) is 1.79. The highest BCUT2D eigenvalue weighted by Crippen LogP contribution is 2.19. The van der Waals surface area contributed by atoms with Crippen molar-refractivity contribution in [3.8, 4) is 0 Å². The van der Waals surface area contributed by atoms with E-state index in [4.69, 9.17) is 0 Å². The number of likely N-dealkylation sites (tertiary alicyclic amines) is 1. The maximum absolute atomic E-state index is 4.25. The van der Waals surface area contributed by atoms with E-state index in [1.54, 1.807) is 0 Å². The minimum atomic E-state index is 0. The molecule has 0 radical (unpaired) electrons. The quantitative estimate of drug-likeness (QED) is 0.920. The van der Waals surface area contributed by atoms with Crippen LogP contribution in [0, 0.1) is 0 Å². The van der Waals surface area contributed by atoms with Crippen LogP contribution >= 0.6 is 28.3 Å². The first-order valence-electron chi connectivity index (χ1n) is 5.76. The van der Waals surface area contributed by atoms with Crippen LogP contribution in [0.2, 0.25) is 0 Å². The van der Waals surface area contributed by atoms with Crippen molar-refractivity contribution < 1.29 is 0 Å². The Morgan fingerprint density at radius 3 is 2.94 bits per heavy atom. The molecule has 0 saturated carbocycles. The molecule has 1 unspecified atom stereocenters. The summed E-state index contributed by atoms with van der Waals surface area (Å²) in [5, 5.41) is 7.62. The van der Waals surface area contributed by atoms with Gasteiger partial charge in [-0.1, -0.05) is 0 Å². The molecule has 1 fully saturated rings. The second kappa shape index (κ2) is 6.73. The summed E-state index contributed by atoms with van der Waals surface area (Å²) in [4.78, 5) is 2.49. The molecule has 0 spiro atoms. The Bertz CT molecular complexity index is 336. The van der Waals surface area contributed by atoms with E-state index in [1.807, 2.05) is 25.0 Å². The van der Waals surface area contributed by atoms with Gasteiger partial charge in [0.25, 0.3) is 0 Å². The minimum absolute atomic E-state index is 0. The van der Waals surface area contributed by atoms with Crippen molar-refractivity contribution in [1.29, 1.82) is 0 Å². The summed E-state index contributed by atoms with van der Waals surface area (Å²) in [6, 6.07) is 0.640. The molecule has 1 aromatic heterocycles. The number of aryl methyl sites for hydroxylation is 1. The Labute approximate surface area is 117 Å². The van der Waals surface area contributed by atoms with Gasteiger partial charge in [-0.25, -0.2) is 0 Å². The van der Waals surface area contributed by atoms with Crippen LogP contribution in [0.25, 0.3) is 0 Å². The lowest BCUT2D eigenvalue weighted by atomic mass is 10.1. The molecule has 6 heteroatoms. The topological polar surface area (TPSA) is 33.1 Å². The second-order valence-electron chi connectivity index (χ2n) is 4.43. The largest absolute Gasteiger partial charge is 0.316 e. The fraction of sp³-hybridized carbons (Fsp3) is 0.727. The number of piperidine rings is 1. The number of halogens is 2. The van der Waals surface area contributed by atoms with Gasteiger partial charge in [-0.2, -0.15) is 5.10 Å². The SMILES string of the molecule is CNC1CCCN(Cc2c(Br)cnn2C)C1.Cl. The van der Waals surface area contributed by atoms with E-state index in [9.17, 15) is 0 Å². The van der Waals surface area contributed by atoms with Gasteiger partial charge in [-0.3, -0.25) is 9.58 Å². The second-order valence-corrected chi connectivity index (χ2v) is 5.28. The third-order valence-corrected chi connectivity index (χ3v) is 3.96. The van der Waals surface area contributed by atoms with Gasteiger partial charge in [0, 0.05) is 26.2 Å². The van der Waals surface area contributed by atoms with Crippen molar-refractivity contribution in [2.24, 2.45) is 7.05 Å². The molecule has 0 aliphatic carbocycles. The summed E-state index contributed by atoms with van der Waals surface area (Å²) in [6.45, 7) is 3.30. The zero-order valence-corrected chi connectivity index (χ0v) is 12.7. The molecule has 1 aliphatic rings. The molecule has 98 valence electrons. The van der Waals surface area contributed by atoms with Crippen molar-refractivity contribution >= 4 is 28.3 Å². The van der Waals surface area contributed by atoms with E-state index in [2.05, 4.69) is 31.2 Å². The van der Waals surface area contributed by atoms with Crippen LogP contribution < -0.4 is 5.32 Å². The van der Waals surface area contributed by atoms with Crippen LogP contribution in [-0.4, -0.2) is 40.9 Å². The predicted molar refractivity (Wildman–Crippen MR) is 75.5 cm³/mol. The molecule has 0 bridgehead atoms. The number of hydrogen-bond acceptors (Lipinski definition) is 3. The van der Waals surface area contributed by atoms with Gasteiger partial charge in [-0.05, 0) is 42.4 Å². The number of likely N-dealkylation sites (N-methyl/N-ethyl adjacent to an activating group) is 1. The van der Waals surface area contributed by atoms with Crippen LogP contribution in [0.5, 0.6) is 0 Å². The molecule has 17 heavy (non-hydrogen) atoms. The van der Waals surface area contributed by atoms with Crippen molar-refractivity contribution in [1.82, 2.24) is 20.0 Å². The highest BCUT2D eigenvalue weighted by molar-refractivity contribution is 9.10. The van der Waals surface area contributed by atoms with E-state index in [0.29, 0.717) is 6.04 Å². The van der Waals surface area contributed by atoms with Gasteiger partial charge in [0.1, 0.15) is 0 Å². The minimum Gasteiger partial charge on any atom is -0.316 e. The van der Waals surface area contributed by atoms with Crippen molar-refractivity contribution in [2.45, 2.75) is 25.4 Å². The van der Waals surface area contributed by atoms with Gasteiger partial charge in [0.05, 0.1) is 16.4 Å². The molecule has 1 aliphatic heterocycles. The monoisotopic (exact) mass is 322 g/mol. The standard InChI is InChI=1S/C11H19BrN4.ClH/c1-13-9-4-3-5-16(7-9)8-11-10(12)6-14-15(11)2;/h6,9,13H,3-5,7-8H2,1-2H3;1H. The lowest BCUT2D eigenvalue weighted by molar-refractivity contribution is 0.183. The Morgan fingerprint density at radius 2 is 2.35 bits per heavy atom. The average molecular weight is 324 g/mol. The summed E-state index contributed by atoms with van der Waals surface area (Å²) in [7, 11) is 4.05. The summed E-state index contributed by atoms with van der Waals surface area (Å²) in [6.07, 6.45) is 4.44. The fourth-order valence-electron chi connectivity index (χ4n) is 2.26. The first kappa shape index (κ1) is 15.0. The fourth-order valence-corrected chi connectivity index (χ4v) is 2.73. The third-order valence-electron chi connectivity index (χ3n) is 3.30. The van der Waals surface area contributed by atoms with Crippen LogP contribution in [0.15, 0.2) is 10.7 Å². The Hall–Kier alpha value is -0.100. The lowest BCUT2D eigenvalue weighted by Crippen LogP contribution is -2.44. The van der Waals surface area contributed by atoms with Crippen LogP contribution in [-0.2, 0) is 13.6 Å². The molecule has 0 aromatic carbocycles. The molecule has 1 aromatic rings. The molecular formula is C11H20BrClN4. The normalized spacial score (nSPS) is 21.2. The zero-order chi connectivity index (χ0) is 11.5. The van der Waals surface area contributed by atoms with Crippen LogP contribution in [0.4, 0.5) is 0 Å². The first-order chi connectivity index (χ1) is 7.70. The summed E-state index contributed by atoms with van der Waals surface area (Å²) < 4.78 is 3.06. The maximum Gasteiger partial charge on any atom is 0.0663 e. The zero-order valence-electron chi connectivity index (χ0n) is 10.3. The Morgan fingerprint density at radius 1 is 1.59 bits per heavy atom. The molecule has 4 nitrogen and oxygen atoms in total. The van der Waals surface area contributed by atoms with E-state index < -0.39 is 0 Å². The Balaban J connectivity index is 0.00000144. The molecule has 2 rings (SSSR count). The van der Waals surface area contributed by atoms with Gasteiger partial charge in [0.15, 0.2) is 0 Å². The third kappa shape index (κ3) is 3.68. The lowest BCUT2D eigenvalue weighted by Gasteiger charge is -2.32. The Kier molecular flexibility index (Phi) is 5.92. The number of aromatic nitrogens is 2. The van der Waals surface area contributed by atoms with E-state index in [1.165, 1.54) is 25.1 Å². The first-order valence-corrected chi connectivity index (χ1v) is 6.56. The van der Waals surface area contributed by atoms with Gasteiger partial charge >= 0.3 is 0 Å². The smallest absolute Gasteiger partial charge is 0.0663 e. The van der Waals surface area contributed by atoms with E-state index in [-0.39, 0.29) is 12.4 Å². The van der Waals surface area contributed by atoms with Crippen molar-refractivity contribution in [2.75, 3.05) is 20.1 Å². The summed E-state index contributed by atoms with van der Waals surface area (Å²) in [5.41, 5.74) is 1.26. The van der Waals surface area contributed by atoms with Crippen molar-refractivity contribution in [3.05, 3.63) is 16.4 Å². The molecule has 0 amide bonds. The van der Waals surface area contributed by atoms with Gasteiger partial charge < -0.3 is 5.32 Å². The highest BCUT2D eigenvalue weighted by atomic mass is 79.9. The number of hydrogen-bond donors (Lipinski definition) is 1. The molecule has 1 N–H and O–H groups in total. The van der Waals surface area contributed by atoms with Crippen LogP contribution in [0.1, 0.15) is 18.5 Å². The number of rotatable bonds is 3. The molecule has 1 atom stereocenters. The van der Waals surface area contributed by atoms with Crippen LogP contribution in [0.3, 0.4) is 0 Å². The summed E-state index contributed by atoms with van der Waals surface area (Å²) in [5.74, 6) is 0.